The lowest BCUT2D eigenvalue weighted by molar-refractivity contribution is 0.962. The van der Waals surface area contributed by atoms with Gasteiger partial charge in [0.2, 0.25) is 11.1 Å². The van der Waals surface area contributed by atoms with E-state index in [1.807, 2.05) is 6.92 Å². The minimum atomic E-state index is 0.252. The standard InChI is InChI=1S/C7H8N6S/c1-4-10-7(13-12-4)14-5-2-3-9-6(8)11-5/h2-3H,1H3,(H2,8,9,11)(H,10,12,13). The van der Waals surface area contributed by atoms with Crippen LogP contribution in [0.25, 0.3) is 0 Å². The Morgan fingerprint density at radius 1 is 1.43 bits per heavy atom. The number of aromatic nitrogens is 5. The maximum atomic E-state index is 5.43. The molecule has 2 heterocycles. The summed E-state index contributed by atoms with van der Waals surface area (Å²) in [6.07, 6.45) is 1.60. The molecule has 3 N–H and O–H groups in total. The fourth-order valence-electron chi connectivity index (χ4n) is 0.875. The lowest BCUT2D eigenvalue weighted by atomic mass is 10.7. The molecule has 2 rings (SSSR count). The lowest BCUT2D eigenvalue weighted by Gasteiger charge is -1.95. The Bertz CT molecular complexity index is 439. The van der Waals surface area contributed by atoms with Crippen molar-refractivity contribution in [2.75, 3.05) is 5.73 Å². The summed E-state index contributed by atoms with van der Waals surface area (Å²) < 4.78 is 0. The zero-order chi connectivity index (χ0) is 9.97. The molecule has 0 atom stereocenters. The number of nitrogens with two attached hydrogens (primary N) is 1. The van der Waals surface area contributed by atoms with Crippen molar-refractivity contribution < 1.29 is 0 Å². The predicted octanol–water partition coefficient (Wildman–Crippen LogP) is 0.637. The van der Waals surface area contributed by atoms with Gasteiger partial charge < -0.3 is 5.73 Å². The molecular formula is C7H8N6S. The zero-order valence-corrected chi connectivity index (χ0v) is 8.25. The maximum absolute atomic E-state index is 5.43. The first-order valence-corrected chi connectivity index (χ1v) is 4.71. The molecule has 0 aliphatic carbocycles. The fraction of sp³-hybridized carbons (Fsp3) is 0.143. The molecule has 0 aliphatic rings. The van der Waals surface area contributed by atoms with Crippen molar-refractivity contribution in [2.24, 2.45) is 0 Å². The van der Waals surface area contributed by atoms with Gasteiger partial charge in [0, 0.05) is 6.20 Å². The first-order chi connectivity index (χ1) is 6.74. The highest BCUT2D eigenvalue weighted by atomic mass is 32.2. The molecule has 2 aromatic heterocycles. The van der Waals surface area contributed by atoms with E-state index in [-0.39, 0.29) is 5.95 Å². The summed E-state index contributed by atoms with van der Waals surface area (Å²) in [5, 5.41) is 8.07. The average molecular weight is 208 g/mol. The van der Waals surface area contributed by atoms with Gasteiger partial charge in [-0.25, -0.2) is 15.0 Å². The monoisotopic (exact) mass is 208 g/mol. The van der Waals surface area contributed by atoms with Crippen molar-refractivity contribution in [1.29, 1.82) is 0 Å². The van der Waals surface area contributed by atoms with Crippen LogP contribution in [0.15, 0.2) is 22.4 Å². The second kappa shape index (κ2) is 3.62. The van der Waals surface area contributed by atoms with Gasteiger partial charge in [0.15, 0.2) is 0 Å². The van der Waals surface area contributed by atoms with Crippen LogP contribution in [-0.4, -0.2) is 25.1 Å². The Balaban J connectivity index is 2.18. The zero-order valence-electron chi connectivity index (χ0n) is 7.43. The van der Waals surface area contributed by atoms with Crippen LogP contribution in [0.5, 0.6) is 0 Å². The summed E-state index contributed by atoms with van der Waals surface area (Å²) in [6.45, 7) is 1.84. The number of aryl methyl sites for hydroxylation is 1. The second-order valence-electron chi connectivity index (χ2n) is 2.56. The number of hydrogen-bond acceptors (Lipinski definition) is 6. The third-order valence-electron chi connectivity index (χ3n) is 1.42. The van der Waals surface area contributed by atoms with E-state index in [2.05, 4.69) is 25.1 Å². The van der Waals surface area contributed by atoms with E-state index < -0.39 is 0 Å². The van der Waals surface area contributed by atoms with E-state index in [1.165, 1.54) is 11.8 Å². The van der Waals surface area contributed by atoms with Gasteiger partial charge in [-0.2, -0.15) is 0 Å². The molecule has 2 aromatic rings. The third-order valence-corrected chi connectivity index (χ3v) is 2.22. The number of rotatable bonds is 2. The minimum absolute atomic E-state index is 0.252. The number of H-pyrrole nitrogens is 1. The van der Waals surface area contributed by atoms with Crippen LogP contribution >= 0.6 is 11.8 Å². The van der Waals surface area contributed by atoms with Crippen molar-refractivity contribution >= 4 is 17.7 Å². The van der Waals surface area contributed by atoms with E-state index in [0.717, 1.165) is 10.9 Å². The van der Waals surface area contributed by atoms with Gasteiger partial charge in [-0.05, 0) is 24.8 Å². The summed E-state index contributed by atoms with van der Waals surface area (Å²) in [7, 11) is 0. The summed E-state index contributed by atoms with van der Waals surface area (Å²) in [5.41, 5.74) is 5.43. The first kappa shape index (κ1) is 8.95. The highest BCUT2D eigenvalue weighted by Gasteiger charge is 2.03. The summed E-state index contributed by atoms with van der Waals surface area (Å²) >= 11 is 1.34. The Kier molecular flexibility index (Phi) is 2.32. The largest absolute Gasteiger partial charge is 0.368 e. The topological polar surface area (TPSA) is 93.4 Å². The highest BCUT2D eigenvalue weighted by molar-refractivity contribution is 7.99. The molecule has 7 heteroatoms. The van der Waals surface area contributed by atoms with Crippen LogP contribution in [0.3, 0.4) is 0 Å². The van der Waals surface area contributed by atoms with Gasteiger partial charge in [-0.3, -0.25) is 5.10 Å². The number of nitrogens with one attached hydrogen (secondary N) is 1. The number of nitrogen functional groups attached to an aromatic ring is 1. The molecule has 0 fully saturated rings. The van der Waals surface area contributed by atoms with E-state index in [9.17, 15) is 0 Å². The van der Waals surface area contributed by atoms with Gasteiger partial charge in [-0.15, -0.1) is 5.10 Å². The van der Waals surface area contributed by atoms with Crippen LogP contribution in [0.1, 0.15) is 5.82 Å². The molecule has 0 spiro atoms. The Morgan fingerprint density at radius 2 is 2.29 bits per heavy atom. The van der Waals surface area contributed by atoms with Crippen LogP contribution in [-0.2, 0) is 0 Å². The average Bonchev–Trinajstić information content (AvgIpc) is 2.51. The van der Waals surface area contributed by atoms with Crippen molar-refractivity contribution in [2.45, 2.75) is 17.1 Å². The lowest BCUT2D eigenvalue weighted by Crippen LogP contribution is -1.94. The molecule has 14 heavy (non-hydrogen) atoms. The molecule has 0 aromatic carbocycles. The van der Waals surface area contributed by atoms with Gasteiger partial charge >= 0.3 is 0 Å². The Hall–Kier alpha value is -1.63. The van der Waals surface area contributed by atoms with Gasteiger partial charge in [0.05, 0.1) is 0 Å². The van der Waals surface area contributed by atoms with Crippen molar-refractivity contribution in [3.8, 4) is 0 Å². The molecule has 0 amide bonds. The normalized spacial score (nSPS) is 10.4. The van der Waals surface area contributed by atoms with Crippen molar-refractivity contribution in [3.05, 3.63) is 18.1 Å². The number of nitrogens with zero attached hydrogens (tertiary/aromatic N) is 4. The minimum Gasteiger partial charge on any atom is -0.368 e. The van der Waals surface area contributed by atoms with Crippen LogP contribution in [0, 0.1) is 6.92 Å². The van der Waals surface area contributed by atoms with Crippen LogP contribution in [0.2, 0.25) is 0 Å². The SMILES string of the molecule is Cc1nc(Sc2ccnc(N)n2)n[nH]1. The second-order valence-corrected chi connectivity index (χ2v) is 3.55. The predicted molar refractivity (Wildman–Crippen MR) is 51.7 cm³/mol. The van der Waals surface area contributed by atoms with Crippen LogP contribution < -0.4 is 5.73 Å². The van der Waals surface area contributed by atoms with E-state index >= 15 is 0 Å². The van der Waals surface area contributed by atoms with Gasteiger partial charge in [-0.1, -0.05) is 0 Å². The highest BCUT2D eigenvalue weighted by Crippen LogP contribution is 2.21. The summed E-state index contributed by atoms with van der Waals surface area (Å²) in [5.74, 6) is 1.02. The molecular weight excluding hydrogens is 200 g/mol. The van der Waals surface area contributed by atoms with Crippen molar-refractivity contribution in [1.82, 2.24) is 25.1 Å². The van der Waals surface area contributed by atoms with E-state index in [0.29, 0.717) is 5.16 Å². The maximum Gasteiger partial charge on any atom is 0.221 e. The molecule has 0 saturated heterocycles. The van der Waals surface area contributed by atoms with Gasteiger partial charge in [0.1, 0.15) is 10.9 Å². The molecule has 0 unspecified atom stereocenters. The molecule has 0 radical (unpaired) electrons. The van der Waals surface area contributed by atoms with Crippen LogP contribution in [0.4, 0.5) is 5.95 Å². The Morgan fingerprint density at radius 3 is 2.93 bits per heavy atom. The fourth-order valence-corrected chi connectivity index (χ4v) is 1.60. The summed E-state index contributed by atoms with van der Waals surface area (Å²) in [4.78, 5) is 11.9. The Labute approximate surface area is 84.4 Å². The third kappa shape index (κ3) is 1.99. The molecule has 0 bridgehead atoms. The first-order valence-electron chi connectivity index (χ1n) is 3.89. The number of hydrogen-bond donors (Lipinski definition) is 2. The summed E-state index contributed by atoms with van der Waals surface area (Å²) in [6, 6.07) is 1.76. The van der Waals surface area contributed by atoms with Crippen molar-refractivity contribution in [3.63, 3.8) is 0 Å². The molecule has 6 nitrogen and oxygen atoms in total. The number of aromatic amines is 1. The number of anilines is 1. The van der Waals surface area contributed by atoms with Gasteiger partial charge in [0.25, 0.3) is 0 Å². The molecule has 0 aliphatic heterocycles. The molecule has 72 valence electrons. The van der Waals surface area contributed by atoms with E-state index in [1.54, 1.807) is 12.3 Å². The molecule has 0 saturated carbocycles. The quantitative estimate of drug-likeness (QED) is 0.703. The van der Waals surface area contributed by atoms with E-state index in [4.69, 9.17) is 5.73 Å². The smallest absolute Gasteiger partial charge is 0.221 e.